The molecule has 0 amide bonds. The van der Waals surface area contributed by atoms with Gasteiger partial charge in [-0.15, -0.1) is 6.42 Å². The highest BCUT2D eigenvalue weighted by Crippen LogP contribution is 2.00. The van der Waals surface area contributed by atoms with Crippen molar-refractivity contribution in [3.8, 4) is 12.3 Å². The van der Waals surface area contributed by atoms with Gasteiger partial charge in [-0.1, -0.05) is 36.3 Å². The van der Waals surface area contributed by atoms with Crippen molar-refractivity contribution in [2.45, 2.75) is 19.6 Å². The number of hydrogen-bond donors (Lipinski definition) is 0. The van der Waals surface area contributed by atoms with Gasteiger partial charge in [-0.2, -0.15) is 0 Å². The summed E-state index contributed by atoms with van der Waals surface area (Å²) in [6.45, 7) is 3.57. The number of terminal acetylenes is 1. The second kappa shape index (κ2) is 7.05. The molecule has 0 saturated carbocycles. The van der Waals surface area contributed by atoms with Crippen LogP contribution in [0.25, 0.3) is 0 Å². The van der Waals surface area contributed by atoms with Gasteiger partial charge >= 0.3 is 0 Å². The lowest BCUT2D eigenvalue weighted by Gasteiger charge is -2.07. The molecule has 0 aliphatic rings. The molecule has 0 aliphatic heterocycles. The van der Waals surface area contributed by atoms with Gasteiger partial charge in [-0.25, -0.2) is 0 Å². The number of benzene rings is 1. The highest BCUT2D eigenvalue weighted by molar-refractivity contribution is 5.13. The van der Waals surface area contributed by atoms with Crippen LogP contribution in [0.3, 0.4) is 0 Å². The lowest BCUT2D eigenvalue weighted by molar-refractivity contribution is 0.0266. The predicted molar refractivity (Wildman–Crippen MR) is 60.3 cm³/mol. The number of ether oxygens (including phenoxy) is 2. The summed E-state index contributed by atoms with van der Waals surface area (Å²) in [4.78, 5) is 0. The molecule has 0 heterocycles. The van der Waals surface area contributed by atoms with Crippen LogP contribution in [0.2, 0.25) is 0 Å². The molecule has 15 heavy (non-hydrogen) atoms. The third kappa shape index (κ3) is 5.21. The summed E-state index contributed by atoms with van der Waals surface area (Å²) in [5.74, 6) is 2.50. The molecule has 80 valence electrons. The summed E-state index contributed by atoms with van der Waals surface area (Å²) in [5.41, 5.74) is 1.17. The second-order valence-corrected chi connectivity index (χ2v) is 3.22. The molecule has 1 aromatic rings. The average molecular weight is 204 g/mol. The number of rotatable bonds is 6. The van der Waals surface area contributed by atoms with Gasteiger partial charge < -0.3 is 9.47 Å². The molecule has 0 aromatic heterocycles. The Morgan fingerprint density at radius 2 is 2.00 bits per heavy atom. The Hall–Kier alpha value is -1.30. The zero-order chi connectivity index (χ0) is 10.9. The number of hydrogen-bond acceptors (Lipinski definition) is 2. The predicted octanol–water partition coefficient (Wildman–Crippen LogP) is 2.24. The van der Waals surface area contributed by atoms with Crippen LogP contribution in [0.4, 0.5) is 0 Å². The first-order chi connectivity index (χ1) is 7.33. The van der Waals surface area contributed by atoms with Crippen LogP contribution in [0.15, 0.2) is 30.3 Å². The van der Waals surface area contributed by atoms with Crippen LogP contribution in [0.1, 0.15) is 12.5 Å². The van der Waals surface area contributed by atoms with Crippen molar-refractivity contribution >= 4 is 0 Å². The molecule has 1 rings (SSSR count). The molecule has 0 spiro atoms. The second-order valence-electron chi connectivity index (χ2n) is 3.22. The van der Waals surface area contributed by atoms with Gasteiger partial charge in [0.05, 0.1) is 19.8 Å². The van der Waals surface area contributed by atoms with Crippen LogP contribution < -0.4 is 0 Å². The molecule has 0 aliphatic carbocycles. The molecule has 0 fully saturated rings. The van der Waals surface area contributed by atoms with E-state index in [1.54, 1.807) is 0 Å². The Kier molecular flexibility index (Phi) is 5.54. The Labute approximate surface area is 91.2 Å². The summed E-state index contributed by atoms with van der Waals surface area (Å²) in [6.07, 6.45) is 5.03. The smallest absolute Gasteiger partial charge is 0.115 e. The van der Waals surface area contributed by atoms with E-state index in [1.165, 1.54) is 5.56 Å². The summed E-state index contributed by atoms with van der Waals surface area (Å²) < 4.78 is 10.7. The zero-order valence-electron chi connectivity index (χ0n) is 8.98. The molecule has 1 atom stereocenters. The van der Waals surface area contributed by atoms with E-state index in [-0.39, 0.29) is 6.10 Å². The van der Waals surface area contributed by atoms with E-state index in [1.807, 2.05) is 37.3 Å². The Morgan fingerprint density at radius 1 is 1.27 bits per heavy atom. The maximum atomic E-state index is 5.42. The van der Waals surface area contributed by atoms with Gasteiger partial charge in [0.1, 0.15) is 6.10 Å². The monoisotopic (exact) mass is 204 g/mol. The van der Waals surface area contributed by atoms with E-state index in [0.717, 1.165) is 0 Å². The van der Waals surface area contributed by atoms with Crippen molar-refractivity contribution in [2.24, 2.45) is 0 Å². The molecule has 0 bridgehead atoms. The van der Waals surface area contributed by atoms with Gasteiger partial charge in [0.2, 0.25) is 0 Å². The molecule has 2 nitrogen and oxygen atoms in total. The van der Waals surface area contributed by atoms with Crippen LogP contribution in [-0.4, -0.2) is 19.3 Å². The first-order valence-corrected chi connectivity index (χ1v) is 5.02. The van der Waals surface area contributed by atoms with Crippen molar-refractivity contribution < 1.29 is 9.47 Å². The van der Waals surface area contributed by atoms with Gasteiger partial charge in [0.15, 0.2) is 0 Å². The molecule has 2 heteroatoms. The maximum absolute atomic E-state index is 5.42. The van der Waals surface area contributed by atoms with E-state index in [0.29, 0.717) is 19.8 Å². The average Bonchev–Trinajstić information content (AvgIpc) is 2.29. The minimum absolute atomic E-state index is 0.134. The van der Waals surface area contributed by atoms with E-state index < -0.39 is 0 Å². The highest BCUT2D eigenvalue weighted by atomic mass is 16.5. The van der Waals surface area contributed by atoms with Gasteiger partial charge in [0, 0.05) is 0 Å². The minimum Gasteiger partial charge on any atom is -0.374 e. The lowest BCUT2D eigenvalue weighted by Crippen LogP contribution is -2.10. The quantitative estimate of drug-likeness (QED) is 0.522. The summed E-state index contributed by atoms with van der Waals surface area (Å²) in [5, 5.41) is 0. The largest absolute Gasteiger partial charge is 0.374 e. The first kappa shape index (κ1) is 11.8. The molecule has 1 aromatic carbocycles. The third-order valence-corrected chi connectivity index (χ3v) is 1.94. The third-order valence-electron chi connectivity index (χ3n) is 1.94. The first-order valence-electron chi connectivity index (χ1n) is 5.02. The fourth-order valence-corrected chi connectivity index (χ4v) is 1.10. The van der Waals surface area contributed by atoms with Gasteiger partial charge in [0.25, 0.3) is 0 Å². The maximum Gasteiger partial charge on any atom is 0.115 e. The molecule has 0 saturated heterocycles. The topological polar surface area (TPSA) is 18.5 Å². The Bertz CT molecular complexity index is 300. The highest BCUT2D eigenvalue weighted by Gasteiger charge is 1.96. The molecule has 0 radical (unpaired) electrons. The Morgan fingerprint density at radius 3 is 2.67 bits per heavy atom. The van der Waals surface area contributed by atoms with Gasteiger partial charge in [-0.3, -0.25) is 0 Å². The van der Waals surface area contributed by atoms with Crippen molar-refractivity contribution in [2.75, 3.05) is 13.2 Å². The SMILES string of the molecule is C#CC(C)OCCOCc1ccccc1. The summed E-state index contributed by atoms with van der Waals surface area (Å²) in [6, 6.07) is 10.0. The fourth-order valence-electron chi connectivity index (χ4n) is 1.10. The van der Waals surface area contributed by atoms with Crippen LogP contribution in [-0.2, 0) is 16.1 Å². The normalized spacial score (nSPS) is 12.0. The van der Waals surface area contributed by atoms with E-state index in [4.69, 9.17) is 15.9 Å². The lowest BCUT2D eigenvalue weighted by atomic mass is 10.2. The molecular weight excluding hydrogens is 188 g/mol. The van der Waals surface area contributed by atoms with E-state index in [9.17, 15) is 0 Å². The molecule has 0 N–H and O–H groups in total. The molecular formula is C13H16O2. The minimum atomic E-state index is -0.134. The fraction of sp³-hybridized carbons (Fsp3) is 0.385. The van der Waals surface area contributed by atoms with Crippen molar-refractivity contribution in [1.82, 2.24) is 0 Å². The van der Waals surface area contributed by atoms with E-state index >= 15 is 0 Å². The van der Waals surface area contributed by atoms with E-state index in [2.05, 4.69) is 5.92 Å². The van der Waals surface area contributed by atoms with Crippen molar-refractivity contribution in [3.63, 3.8) is 0 Å². The van der Waals surface area contributed by atoms with Crippen LogP contribution in [0, 0.1) is 12.3 Å². The standard InChI is InChI=1S/C13H16O2/c1-3-12(2)15-10-9-14-11-13-7-5-4-6-8-13/h1,4-8,12H,9-11H2,2H3. The van der Waals surface area contributed by atoms with Crippen molar-refractivity contribution in [1.29, 1.82) is 0 Å². The summed E-state index contributed by atoms with van der Waals surface area (Å²) in [7, 11) is 0. The zero-order valence-corrected chi connectivity index (χ0v) is 8.98. The Balaban J connectivity index is 2.06. The summed E-state index contributed by atoms with van der Waals surface area (Å²) >= 11 is 0. The van der Waals surface area contributed by atoms with Crippen molar-refractivity contribution in [3.05, 3.63) is 35.9 Å². The van der Waals surface area contributed by atoms with Gasteiger partial charge in [-0.05, 0) is 12.5 Å². The van der Waals surface area contributed by atoms with Crippen LogP contribution in [0.5, 0.6) is 0 Å². The van der Waals surface area contributed by atoms with Crippen LogP contribution >= 0.6 is 0 Å². The molecule has 1 unspecified atom stereocenters.